The van der Waals surface area contributed by atoms with E-state index in [-0.39, 0.29) is 11.1 Å². The molecule has 5 heteroatoms. The molecule has 2 aromatic rings. The van der Waals surface area contributed by atoms with Crippen molar-refractivity contribution in [2.75, 3.05) is 0 Å². The predicted molar refractivity (Wildman–Crippen MR) is 69.9 cm³/mol. The molecule has 0 saturated carbocycles. The number of aromatic nitrogens is 2. The molecule has 0 radical (unpaired) electrons. The zero-order valence-electron chi connectivity index (χ0n) is 10.1. The normalized spacial score (nSPS) is 12.7. The highest BCUT2D eigenvalue weighted by Gasteiger charge is 2.12. The molecular formula is C13H15ClFN3. The summed E-state index contributed by atoms with van der Waals surface area (Å²) in [5.74, 6) is 0.462. The topological polar surface area (TPSA) is 43.8 Å². The van der Waals surface area contributed by atoms with Crippen LogP contribution in [0.4, 0.5) is 4.39 Å². The molecule has 0 fully saturated rings. The summed E-state index contributed by atoms with van der Waals surface area (Å²) in [5.41, 5.74) is 6.79. The molecule has 0 aliphatic rings. The third kappa shape index (κ3) is 2.71. The van der Waals surface area contributed by atoms with Gasteiger partial charge in [-0.2, -0.15) is 0 Å². The maximum Gasteiger partial charge on any atom is 0.142 e. The average molecular weight is 268 g/mol. The number of aryl methyl sites for hydroxylation is 1. The van der Waals surface area contributed by atoms with Crippen LogP contribution in [0.25, 0.3) is 0 Å². The number of imidazole rings is 1. The first-order valence-corrected chi connectivity index (χ1v) is 6.20. The third-order valence-corrected chi connectivity index (χ3v) is 3.22. The summed E-state index contributed by atoms with van der Waals surface area (Å²) in [5, 5.41) is 0.112. The molecule has 1 atom stereocenters. The summed E-state index contributed by atoms with van der Waals surface area (Å²) in [7, 11) is 0. The third-order valence-electron chi connectivity index (χ3n) is 2.92. The molecule has 0 saturated heterocycles. The molecule has 1 aromatic heterocycles. The van der Waals surface area contributed by atoms with Crippen molar-refractivity contribution < 1.29 is 4.39 Å². The first-order chi connectivity index (χ1) is 8.61. The van der Waals surface area contributed by atoms with Crippen molar-refractivity contribution in [2.24, 2.45) is 5.73 Å². The Morgan fingerprint density at radius 2 is 2.28 bits per heavy atom. The maximum absolute atomic E-state index is 13.4. The van der Waals surface area contributed by atoms with Gasteiger partial charge in [-0.15, -0.1) is 0 Å². The van der Waals surface area contributed by atoms with Gasteiger partial charge >= 0.3 is 0 Å². The zero-order valence-corrected chi connectivity index (χ0v) is 10.9. The van der Waals surface area contributed by atoms with Crippen molar-refractivity contribution in [2.45, 2.75) is 25.9 Å². The molecule has 18 heavy (non-hydrogen) atoms. The summed E-state index contributed by atoms with van der Waals surface area (Å²) in [6, 6.07) is 4.37. The lowest BCUT2D eigenvalue weighted by Crippen LogP contribution is -2.16. The lowest BCUT2D eigenvalue weighted by molar-refractivity contribution is 0.606. The van der Waals surface area contributed by atoms with Gasteiger partial charge in [0.25, 0.3) is 0 Å². The lowest BCUT2D eigenvalue weighted by atomic mass is 10.0. The van der Waals surface area contributed by atoms with Gasteiger partial charge in [-0.3, -0.25) is 0 Å². The Hall–Kier alpha value is -1.39. The summed E-state index contributed by atoms with van der Waals surface area (Å²) in [6.45, 7) is 2.88. The van der Waals surface area contributed by atoms with Crippen LogP contribution in [0.1, 0.15) is 24.4 Å². The number of rotatable bonds is 4. The fourth-order valence-electron chi connectivity index (χ4n) is 1.88. The molecule has 0 spiro atoms. The minimum Gasteiger partial charge on any atom is -0.335 e. The fraction of sp³-hybridized carbons (Fsp3) is 0.308. The second-order valence-electron chi connectivity index (χ2n) is 4.11. The minimum absolute atomic E-state index is 0.112. The number of hydrogen-bond donors (Lipinski definition) is 1. The van der Waals surface area contributed by atoms with Crippen molar-refractivity contribution in [1.82, 2.24) is 9.55 Å². The monoisotopic (exact) mass is 267 g/mol. The van der Waals surface area contributed by atoms with E-state index >= 15 is 0 Å². The minimum atomic E-state index is -0.441. The van der Waals surface area contributed by atoms with Gasteiger partial charge in [0.2, 0.25) is 0 Å². The van der Waals surface area contributed by atoms with Crippen LogP contribution in [0.5, 0.6) is 0 Å². The number of halogens is 2. The Morgan fingerprint density at radius 1 is 1.50 bits per heavy atom. The van der Waals surface area contributed by atoms with E-state index < -0.39 is 5.82 Å². The van der Waals surface area contributed by atoms with Crippen LogP contribution in [0.3, 0.4) is 0 Å². The van der Waals surface area contributed by atoms with Gasteiger partial charge < -0.3 is 10.3 Å². The van der Waals surface area contributed by atoms with E-state index in [1.54, 1.807) is 12.3 Å². The molecule has 2 rings (SSSR count). The van der Waals surface area contributed by atoms with Gasteiger partial charge in [0.15, 0.2) is 0 Å². The first kappa shape index (κ1) is 13.1. The highest BCUT2D eigenvalue weighted by molar-refractivity contribution is 6.30. The summed E-state index contributed by atoms with van der Waals surface area (Å²) < 4.78 is 15.4. The Bertz CT molecular complexity index is 539. The Balaban J connectivity index is 2.16. The molecule has 3 nitrogen and oxygen atoms in total. The van der Waals surface area contributed by atoms with Crippen LogP contribution < -0.4 is 5.73 Å². The molecule has 0 amide bonds. The van der Waals surface area contributed by atoms with Gasteiger partial charge in [0.05, 0.1) is 5.02 Å². The van der Waals surface area contributed by atoms with Crippen LogP contribution in [-0.2, 0) is 13.0 Å². The zero-order chi connectivity index (χ0) is 13.1. The molecule has 0 aliphatic heterocycles. The molecule has 1 heterocycles. The van der Waals surface area contributed by atoms with Crippen molar-refractivity contribution in [1.29, 1.82) is 0 Å². The predicted octanol–water partition coefficient (Wildman–Crippen LogP) is 2.94. The first-order valence-electron chi connectivity index (χ1n) is 5.82. The van der Waals surface area contributed by atoms with E-state index in [9.17, 15) is 4.39 Å². The Morgan fingerprint density at radius 3 is 2.94 bits per heavy atom. The quantitative estimate of drug-likeness (QED) is 0.926. The summed E-state index contributed by atoms with van der Waals surface area (Å²) >= 11 is 5.64. The molecule has 1 unspecified atom stereocenters. The molecule has 96 valence electrons. The van der Waals surface area contributed by atoms with Gasteiger partial charge in [-0.1, -0.05) is 17.7 Å². The summed E-state index contributed by atoms with van der Waals surface area (Å²) in [4.78, 5) is 4.26. The van der Waals surface area contributed by atoms with E-state index in [1.807, 2.05) is 17.7 Å². The van der Waals surface area contributed by atoms with Gasteiger partial charge in [0, 0.05) is 31.4 Å². The van der Waals surface area contributed by atoms with E-state index in [2.05, 4.69) is 4.98 Å². The number of nitrogens with zero attached hydrogens (tertiary/aromatic N) is 2. The van der Waals surface area contributed by atoms with Gasteiger partial charge in [0.1, 0.15) is 11.6 Å². The maximum atomic E-state index is 13.4. The SMILES string of the molecule is CCn1ccnc1CC(N)c1ccc(Cl)c(F)c1. The van der Waals surface area contributed by atoms with Crippen molar-refractivity contribution >= 4 is 11.6 Å². The number of benzene rings is 1. The lowest BCUT2D eigenvalue weighted by Gasteiger charge is -2.13. The molecule has 0 aliphatic carbocycles. The number of hydrogen-bond acceptors (Lipinski definition) is 2. The molecular weight excluding hydrogens is 253 g/mol. The highest BCUT2D eigenvalue weighted by Crippen LogP contribution is 2.21. The molecule has 1 aromatic carbocycles. The van der Waals surface area contributed by atoms with Crippen molar-refractivity contribution in [3.63, 3.8) is 0 Å². The van der Waals surface area contributed by atoms with Gasteiger partial charge in [-0.25, -0.2) is 9.37 Å². The van der Waals surface area contributed by atoms with Crippen LogP contribution in [0, 0.1) is 5.82 Å². The Kier molecular flexibility index (Phi) is 3.99. The largest absolute Gasteiger partial charge is 0.335 e. The van der Waals surface area contributed by atoms with Crippen LogP contribution >= 0.6 is 11.6 Å². The van der Waals surface area contributed by atoms with Gasteiger partial charge in [-0.05, 0) is 24.6 Å². The highest BCUT2D eigenvalue weighted by atomic mass is 35.5. The second kappa shape index (κ2) is 5.50. The van der Waals surface area contributed by atoms with Crippen LogP contribution in [-0.4, -0.2) is 9.55 Å². The van der Waals surface area contributed by atoms with Crippen LogP contribution in [0.15, 0.2) is 30.6 Å². The van der Waals surface area contributed by atoms with E-state index in [4.69, 9.17) is 17.3 Å². The van der Waals surface area contributed by atoms with E-state index in [1.165, 1.54) is 12.1 Å². The van der Waals surface area contributed by atoms with E-state index in [0.717, 1.165) is 17.9 Å². The van der Waals surface area contributed by atoms with Crippen LogP contribution in [0.2, 0.25) is 5.02 Å². The number of nitrogens with two attached hydrogens (primary N) is 1. The standard InChI is InChI=1S/C13H15ClFN3/c1-2-18-6-5-17-13(18)8-12(16)9-3-4-10(14)11(15)7-9/h3-7,12H,2,8,16H2,1H3. The summed E-state index contributed by atoms with van der Waals surface area (Å²) in [6.07, 6.45) is 4.22. The van der Waals surface area contributed by atoms with Crippen molar-refractivity contribution in [3.8, 4) is 0 Å². The Labute approximate surface area is 110 Å². The second-order valence-corrected chi connectivity index (χ2v) is 4.52. The smallest absolute Gasteiger partial charge is 0.142 e. The molecule has 0 bridgehead atoms. The fourth-order valence-corrected chi connectivity index (χ4v) is 1.99. The van der Waals surface area contributed by atoms with E-state index in [0.29, 0.717) is 6.42 Å². The molecule has 2 N–H and O–H groups in total. The average Bonchev–Trinajstić information content (AvgIpc) is 2.79. The van der Waals surface area contributed by atoms with Crippen molar-refractivity contribution in [3.05, 3.63) is 52.8 Å².